The third kappa shape index (κ3) is 5.05. The topological polar surface area (TPSA) is 144 Å². The molecule has 0 aromatic heterocycles. The second kappa shape index (κ2) is 10.2. The maximum atomic E-state index is 12.2. The van der Waals surface area contributed by atoms with Gasteiger partial charge in [-0.05, 0) is 98.7 Å². The molecule has 4 fully saturated rings. The number of fused-ring (bicyclic) bond motifs is 5. The molecule has 9 heteroatoms. The number of aliphatic hydroxyl groups excluding tert-OH is 3. The van der Waals surface area contributed by atoms with Crippen LogP contribution in [0.5, 0.6) is 0 Å². The summed E-state index contributed by atoms with van der Waals surface area (Å²) in [6, 6.07) is 0. The number of carbonyl (C=O) groups is 1. The van der Waals surface area contributed by atoms with Gasteiger partial charge < -0.3 is 20.6 Å². The zero-order valence-electron chi connectivity index (χ0n) is 21.2. The summed E-state index contributed by atoms with van der Waals surface area (Å²) >= 11 is 0. The molecule has 0 spiro atoms. The van der Waals surface area contributed by atoms with E-state index in [1.807, 2.05) is 0 Å². The molecule has 0 bridgehead atoms. The Morgan fingerprint density at radius 2 is 1.74 bits per heavy atom. The average molecular weight is 516 g/mol. The quantitative estimate of drug-likeness (QED) is 0.312. The Hall–Kier alpha value is -0.740. The highest BCUT2D eigenvalue weighted by molar-refractivity contribution is 7.85. The smallest absolute Gasteiger partial charge is 0.266 e. The van der Waals surface area contributed by atoms with Gasteiger partial charge in [0.1, 0.15) is 0 Å². The third-order valence-corrected chi connectivity index (χ3v) is 11.8. The van der Waals surface area contributed by atoms with Gasteiger partial charge in [-0.2, -0.15) is 8.42 Å². The largest absolute Gasteiger partial charge is 0.396 e. The van der Waals surface area contributed by atoms with Crippen LogP contribution in [0.3, 0.4) is 0 Å². The molecule has 0 heterocycles. The first kappa shape index (κ1) is 27.3. The van der Waals surface area contributed by atoms with Crippen molar-refractivity contribution in [2.24, 2.45) is 46.3 Å². The summed E-state index contributed by atoms with van der Waals surface area (Å²) in [6.45, 7) is 4.52. The Labute approximate surface area is 210 Å². The first-order valence-electron chi connectivity index (χ1n) is 13.6. The van der Waals surface area contributed by atoms with Crippen molar-refractivity contribution >= 4 is 16.0 Å². The maximum absolute atomic E-state index is 12.2. The lowest BCUT2D eigenvalue weighted by Crippen LogP contribution is -2.60. The molecule has 4 rings (SSSR count). The number of nitrogens with one attached hydrogen (secondary N) is 1. The van der Waals surface area contributed by atoms with Crippen molar-refractivity contribution < 1.29 is 33.1 Å². The first-order valence-corrected chi connectivity index (χ1v) is 15.2. The number of hydrogen-bond acceptors (Lipinski definition) is 6. The van der Waals surface area contributed by atoms with Gasteiger partial charge in [0.05, 0.1) is 18.0 Å². The van der Waals surface area contributed by atoms with E-state index in [-0.39, 0.29) is 42.2 Å². The molecule has 1 amide bonds. The summed E-state index contributed by atoms with van der Waals surface area (Å²) in [5.41, 5.74) is -0.131. The molecule has 35 heavy (non-hydrogen) atoms. The average Bonchev–Trinajstić information content (AvgIpc) is 3.14. The van der Waals surface area contributed by atoms with Crippen LogP contribution < -0.4 is 5.32 Å². The molecule has 202 valence electrons. The van der Waals surface area contributed by atoms with Crippen molar-refractivity contribution in [1.82, 2.24) is 5.32 Å². The van der Waals surface area contributed by atoms with E-state index >= 15 is 0 Å². The van der Waals surface area contributed by atoms with Crippen LogP contribution in [-0.4, -0.2) is 65.3 Å². The van der Waals surface area contributed by atoms with Crippen LogP contribution in [0.1, 0.15) is 78.1 Å². The predicted octanol–water partition coefficient (Wildman–Crippen LogP) is 2.37. The van der Waals surface area contributed by atoms with Crippen molar-refractivity contribution in [3.63, 3.8) is 0 Å². The van der Waals surface area contributed by atoms with Gasteiger partial charge in [0.15, 0.2) is 0 Å². The van der Waals surface area contributed by atoms with E-state index in [1.165, 1.54) is 6.42 Å². The number of carbonyl (C=O) groups excluding carboxylic acids is 1. The van der Waals surface area contributed by atoms with Crippen LogP contribution in [-0.2, 0) is 14.9 Å². The number of amides is 1. The van der Waals surface area contributed by atoms with E-state index in [4.69, 9.17) is 4.55 Å². The molecule has 0 aromatic carbocycles. The summed E-state index contributed by atoms with van der Waals surface area (Å²) in [4.78, 5) is 12.2. The summed E-state index contributed by atoms with van der Waals surface area (Å²) in [6.07, 6.45) is 7.73. The van der Waals surface area contributed by atoms with Crippen molar-refractivity contribution in [3.8, 4) is 0 Å². The molecule has 4 aliphatic carbocycles. The Morgan fingerprint density at radius 3 is 2.43 bits per heavy atom. The van der Waals surface area contributed by atoms with Crippen LogP contribution in [0.2, 0.25) is 0 Å². The van der Waals surface area contributed by atoms with Crippen molar-refractivity contribution in [2.75, 3.05) is 18.9 Å². The maximum Gasteiger partial charge on any atom is 0.266 e. The Bertz CT molecular complexity index is 877. The van der Waals surface area contributed by atoms with Crippen molar-refractivity contribution in [3.05, 3.63) is 0 Å². The fraction of sp³-hybridized carbons (Fsp3) is 0.962. The second-order valence-electron chi connectivity index (χ2n) is 12.5. The minimum absolute atomic E-state index is 0.0166. The summed E-state index contributed by atoms with van der Waals surface area (Å²) in [7, 11) is -4.10. The summed E-state index contributed by atoms with van der Waals surface area (Å²) in [5.74, 6) is 1.55. The van der Waals surface area contributed by atoms with E-state index < -0.39 is 28.1 Å². The lowest BCUT2D eigenvalue weighted by molar-refractivity contribution is -0.196. The van der Waals surface area contributed by atoms with Gasteiger partial charge in [-0.25, -0.2) is 0 Å². The van der Waals surface area contributed by atoms with Crippen LogP contribution in [0.25, 0.3) is 0 Å². The standard InChI is InChI=1S/C26H45NO7S/c1-25-12-11-21-18(6-4-17-5-9-22(29)24(31)26(17,21)2)20(25)8-7-19(25)16(15-28)3-10-23(30)27-13-14-35(32,33)34/h16-22,24,28-29,31H,3-15H2,1-2H3,(H,27,30)(H,32,33,34)/t16-,17+,18-,19+,20-,21-,22?,24?,25+,26-/m0/s1. The van der Waals surface area contributed by atoms with Gasteiger partial charge in [0, 0.05) is 25.0 Å². The molecule has 0 radical (unpaired) electrons. The molecule has 10 atom stereocenters. The van der Waals surface area contributed by atoms with E-state index in [1.54, 1.807) is 0 Å². The summed E-state index contributed by atoms with van der Waals surface area (Å²) in [5, 5.41) is 34.4. The number of aliphatic hydroxyl groups is 3. The third-order valence-electron chi connectivity index (χ3n) is 11.1. The zero-order chi connectivity index (χ0) is 25.6. The molecule has 0 saturated heterocycles. The first-order chi connectivity index (χ1) is 16.4. The van der Waals surface area contributed by atoms with E-state index in [9.17, 15) is 28.5 Å². The highest BCUT2D eigenvalue weighted by Gasteiger charge is 2.63. The van der Waals surface area contributed by atoms with Crippen LogP contribution in [0.15, 0.2) is 0 Å². The monoisotopic (exact) mass is 515 g/mol. The molecule has 4 saturated carbocycles. The molecule has 0 aromatic rings. The fourth-order valence-corrected chi connectivity index (χ4v) is 9.65. The van der Waals surface area contributed by atoms with E-state index in [0.29, 0.717) is 42.4 Å². The lowest BCUT2D eigenvalue weighted by atomic mass is 9.43. The normalized spacial score (nSPS) is 44.1. The molecular weight excluding hydrogens is 470 g/mol. The molecule has 5 N–H and O–H groups in total. The SMILES string of the molecule is C[C@]12CC[C@H]3[C@@H](CC[C@@H]4CCC(O)C(O)[C@@]43C)[C@@H]1CC[C@@H]2[C@H](CO)CCC(=O)NCCS(=O)(=O)O. The van der Waals surface area contributed by atoms with Gasteiger partial charge >= 0.3 is 0 Å². The minimum atomic E-state index is -4.10. The lowest BCUT2D eigenvalue weighted by Gasteiger charge is -2.62. The second-order valence-corrected chi connectivity index (χ2v) is 14.0. The molecule has 4 aliphatic rings. The Balaban J connectivity index is 1.41. The van der Waals surface area contributed by atoms with E-state index in [0.717, 1.165) is 38.5 Å². The predicted molar refractivity (Wildman–Crippen MR) is 132 cm³/mol. The molecule has 8 nitrogen and oxygen atoms in total. The Kier molecular flexibility index (Phi) is 7.95. The molecule has 2 unspecified atom stereocenters. The van der Waals surface area contributed by atoms with Gasteiger partial charge in [-0.3, -0.25) is 9.35 Å². The zero-order valence-corrected chi connectivity index (χ0v) is 22.0. The van der Waals surface area contributed by atoms with Crippen molar-refractivity contribution in [1.29, 1.82) is 0 Å². The number of hydrogen-bond donors (Lipinski definition) is 5. The fourth-order valence-electron chi connectivity index (χ4n) is 9.29. The summed E-state index contributed by atoms with van der Waals surface area (Å²) < 4.78 is 30.5. The highest BCUT2D eigenvalue weighted by atomic mass is 32.2. The number of rotatable bonds is 8. The van der Waals surface area contributed by atoms with Gasteiger partial charge in [-0.1, -0.05) is 13.8 Å². The van der Waals surface area contributed by atoms with Gasteiger partial charge in [-0.15, -0.1) is 0 Å². The van der Waals surface area contributed by atoms with Crippen LogP contribution in [0.4, 0.5) is 0 Å². The molecule has 0 aliphatic heterocycles. The van der Waals surface area contributed by atoms with Crippen LogP contribution in [0, 0.1) is 46.3 Å². The minimum Gasteiger partial charge on any atom is -0.396 e. The van der Waals surface area contributed by atoms with E-state index in [2.05, 4.69) is 19.2 Å². The van der Waals surface area contributed by atoms with Gasteiger partial charge in [0.2, 0.25) is 5.91 Å². The Morgan fingerprint density at radius 1 is 1.03 bits per heavy atom. The highest BCUT2D eigenvalue weighted by Crippen LogP contribution is 2.68. The van der Waals surface area contributed by atoms with Gasteiger partial charge in [0.25, 0.3) is 10.1 Å². The van der Waals surface area contributed by atoms with Crippen molar-refractivity contribution in [2.45, 2.75) is 90.3 Å². The van der Waals surface area contributed by atoms with Crippen LogP contribution >= 0.6 is 0 Å². The molecular formula is C26H45NO7S.